The maximum atomic E-state index is 12.1. The summed E-state index contributed by atoms with van der Waals surface area (Å²) in [6, 6.07) is 10.1. The van der Waals surface area contributed by atoms with Gasteiger partial charge in [-0.05, 0) is 31.2 Å². The normalized spacial score (nSPS) is 10.0. The van der Waals surface area contributed by atoms with Crippen LogP contribution in [0, 0.1) is 10.1 Å². The molecule has 0 bridgehead atoms. The summed E-state index contributed by atoms with van der Waals surface area (Å²) in [4.78, 5) is 34.1. The molecule has 0 radical (unpaired) electrons. The number of esters is 1. The van der Waals surface area contributed by atoms with Crippen LogP contribution < -0.4 is 14.8 Å². The molecule has 142 valence electrons. The zero-order chi connectivity index (χ0) is 19.8. The molecule has 2 aromatic carbocycles. The Bertz CT molecular complexity index is 851. The van der Waals surface area contributed by atoms with Crippen molar-refractivity contribution in [1.82, 2.24) is 0 Å². The van der Waals surface area contributed by atoms with Gasteiger partial charge < -0.3 is 19.5 Å². The first-order valence-electron chi connectivity index (χ1n) is 7.97. The highest BCUT2D eigenvalue weighted by Gasteiger charge is 2.14. The molecule has 9 heteroatoms. The highest BCUT2D eigenvalue weighted by molar-refractivity contribution is 5.94. The Morgan fingerprint density at radius 3 is 2.63 bits per heavy atom. The number of benzene rings is 2. The number of nitrogens with zero attached hydrogens (tertiary/aromatic N) is 1. The minimum absolute atomic E-state index is 0.153. The van der Waals surface area contributed by atoms with Gasteiger partial charge in [0, 0.05) is 12.1 Å². The van der Waals surface area contributed by atoms with Crippen LogP contribution in [0.1, 0.15) is 17.3 Å². The molecule has 1 N–H and O–H groups in total. The van der Waals surface area contributed by atoms with Crippen molar-refractivity contribution in [3.63, 3.8) is 0 Å². The van der Waals surface area contributed by atoms with Gasteiger partial charge in [0.15, 0.2) is 6.61 Å². The van der Waals surface area contributed by atoms with Crippen LogP contribution in [-0.2, 0) is 9.53 Å². The van der Waals surface area contributed by atoms with E-state index in [1.54, 1.807) is 25.1 Å². The standard InChI is InChI=1S/C18H18N2O7/c1-3-26-18(22)12-5-4-6-14(9-12)27-11-17(21)19-15-10-13(20(23)24)7-8-16(15)25-2/h4-10H,3,11H2,1-2H3,(H,19,21). The molecule has 2 rings (SSSR count). The van der Waals surface area contributed by atoms with E-state index in [0.717, 1.165) is 0 Å². The molecular formula is C18H18N2O7. The van der Waals surface area contributed by atoms with E-state index in [1.165, 1.54) is 31.4 Å². The molecule has 2 aromatic rings. The predicted molar refractivity (Wildman–Crippen MR) is 96.2 cm³/mol. The molecule has 1 amide bonds. The average molecular weight is 374 g/mol. The number of methoxy groups -OCH3 is 1. The number of anilines is 1. The van der Waals surface area contributed by atoms with Crippen LogP contribution in [0.4, 0.5) is 11.4 Å². The number of rotatable bonds is 8. The molecule has 0 aliphatic heterocycles. The van der Waals surface area contributed by atoms with Crippen molar-refractivity contribution >= 4 is 23.3 Å². The van der Waals surface area contributed by atoms with E-state index in [1.807, 2.05) is 0 Å². The minimum atomic E-state index is -0.577. The lowest BCUT2D eigenvalue weighted by Crippen LogP contribution is -2.20. The van der Waals surface area contributed by atoms with Gasteiger partial charge in [-0.2, -0.15) is 0 Å². The number of hydrogen-bond acceptors (Lipinski definition) is 7. The third kappa shape index (κ3) is 5.43. The van der Waals surface area contributed by atoms with E-state index >= 15 is 0 Å². The molecule has 9 nitrogen and oxygen atoms in total. The molecule has 0 saturated carbocycles. The third-order valence-electron chi connectivity index (χ3n) is 3.38. The Kier molecular flexibility index (Phi) is 6.70. The van der Waals surface area contributed by atoms with Crippen molar-refractivity contribution in [1.29, 1.82) is 0 Å². The molecule has 0 saturated heterocycles. The number of amides is 1. The molecule has 27 heavy (non-hydrogen) atoms. The van der Waals surface area contributed by atoms with E-state index < -0.39 is 16.8 Å². The zero-order valence-electron chi connectivity index (χ0n) is 14.8. The van der Waals surface area contributed by atoms with Crippen LogP contribution in [0.15, 0.2) is 42.5 Å². The molecule has 0 unspecified atom stereocenters. The largest absolute Gasteiger partial charge is 0.495 e. The summed E-state index contributed by atoms with van der Waals surface area (Å²) in [7, 11) is 1.38. The van der Waals surface area contributed by atoms with Gasteiger partial charge in [0.25, 0.3) is 11.6 Å². The van der Waals surface area contributed by atoms with E-state index in [0.29, 0.717) is 11.3 Å². The SMILES string of the molecule is CCOC(=O)c1cccc(OCC(=O)Nc2cc([N+](=O)[O-])ccc2OC)c1. The fourth-order valence-electron chi connectivity index (χ4n) is 2.17. The number of hydrogen-bond donors (Lipinski definition) is 1. The summed E-state index contributed by atoms with van der Waals surface area (Å²) in [5.41, 5.74) is 0.268. The van der Waals surface area contributed by atoms with E-state index in [4.69, 9.17) is 14.2 Å². The van der Waals surface area contributed by atoms with Gasteiger partial charge in [-0.1, -0.05) is 6.07 Å². The van der Waals surface area contributed by atoms with Crippen LogP contribution in [0.2, 0.25) is 0 Å². The maximum absolute atomic E-state index is 12.1. The van der Waals surface area contributed by atoms with Crippen molar-refractivity contribution in [2.24, 2.45) is 0 Å². The predicted octanol–water partition coefficient (Wildman–Crippen LogP) is 2.80. The highest BCUT2D eigenvalue weighted by atomic mass is 16.6. The number of nitro benzene ring substituents is 1. The summed E-state index contributed by atoms with van der Waals surface area (Å²) in [5.74, 6) is -0.455. The summed E-state index contributed by atoms with van der Waals surface area (Å²) < 4.78 is 15.3. The van der Waals surface area contributed by atoms with Crippen LogP contribution >= 0.6 is 0 Å². The Hall–Kier alpha value is -3.62. The van der Waals surface area contributed by atoms with Gasteiger partial charge in [-0.15, -0.1) is 0 Å². The van der Waals surface area contributed by atoms with E-state index in [2.05, 4.69) is 5.32 Å². The summed E-state index contributed by atoms with van der Waals surface area (Å²) in [6.45, 7) is 1.58. The van der Waals surface area contributed by atoms with Gasteiger partial charge in [-0.25, -0.2) is 4.79 Å². The number of carbonyl (C=O) groups is 2. The van der Waals surface area contributed by atoms with Gasteiger partial charge in [-0.3, -0.25) is 14.9 Å². The van der Waals surface area contributed by atoms with Crippen molar-refractivity contribution in [2.75, 3.05) is 25.6 Å². The summed E-state index contributed by atoms with van der Waals surface area (Å²) in [6.07, 6.45) is 0. The Labute approximate surface area is 155 Å². The van der Waals surface area contributed by atoms with Crippen molar-refractivity contribution in [3.05, 3.63) is 58.1 Å². The number of nitrogens with one attached hydrogen (secondary N) is 1. The van der Waals surface area contributed by atoms with E-state index in [9.17, 15) is 19.7 Å². The third-order valence-corrected chi connectivity index (χ3v) is 3.38. The fourth-order valence-corrected chi connectivity index (χ4v) is 2.17. The first kappa shape index (κ1) is 19.7. The van der Waals surface area contributed by atoms with Gasteiger partial charge >= 0.3 is 5.97 Å². The van der Waals surface area contributed by atoms with Crippen molar-refractivity contribution in [3.8, 4) is 11.5 Å². The lowest BCUT2D eigenvalue weighted by Gasteiger charge is -2.11. The maximum Gasteiger partial charge on any atom is 0.338 e. The molecule has 0 atom stereocenters. The van der Waals surface area contributed by atoms with Crippen LogP contribution in [-0.4, -0.2) is 37.1 Å². The topological polar surface area (TPSA) is 117 Å². The smallest absolute Gasteiger partial charge is 0.338 e. The molecule has 0 spiro atoms. The Morgan fingerprint density at radius 1 is 1.19 bits per heavy atom. The molecule has 0 fully saturated rings. The second kappa shape index (κ2) is 9.18. The van der Waals surface area contributed by atoms with Gasteiger partial charge in [0.2, 0.25) is 0 Å². The van der Waals surface area contributed by atoms with Gasteiger partial charge in [0.1, 0.15) is 11.5 Å². The quantitative estimate of drug-likeness (QED) is 0.429. The van der Waals surface area contributed by atoms with Crippen molar-refractivity contribution in [2.45, 2.75) is 6.92 Å². The minimum Gasteiger partial charge on any atom is -0.495 e. The Morgan fingerprint density at radius 2 is 1.96 bits per heavy atom. The lowest BCUT2D eigenvalue weighted by molar-refractivity contribution is -0.384. The first-order chi connectivity index (χ1) is 12.9. The molecular weight excluding hydrogens is 356 g/mol. The monoisotopic (exact) mass is 374 g/mol. The highest BCUT2D eigenvalue weighted by Crippen LogP contribution is 2.28. The fraction of sp³-hybridized carbons (Fsp3) is 0.222. The second-order valence-corrected chi connectivity index (χ2v) is 5.23. The average Bonchev–Trinajstić information content (AvgIpc) is 2.66. The van der Waals surface area contributed by atoms with E-state index in [-0.39, 0.29) is 30.3 Å². The first-order valence-corrected chi connectivity index (χ1v) is 7.97. The van der Waals surface area contributed by atoms with Crippen LogP contribution in [0.5, 0.6) is 11.5 Å². The summed E-state index contributed by atoms with van der Waals surface area (Å²) in [5, 5.41) is 13.4. The number of non-ortho nitro benzene ring substituents is 1. The number of carbonyl (C=O) groups excluding carboxylic acids is 2. The number of nitro groups is 1. The molecule has 0 aliphatic rings. The summed E-state index contributed by atoms with van der Waals surface area (Å²) >= 11 is 0. The Balaban J connectivity index is 2.03. The van der Waals surface area contributed by atoms with Crippen molar-refractivity contribution < 1.29 is 28.7 Å². The zero-order valence-corrected chi connectivity index (χ0v) is 14.8. The van der Waals surface area contributed by atoms with Crippen LogP contribution in [0.3, 0.4) is 0 Å². The molecule has 0 aromatic heterocycles. The molecule has 0 heterocycles. The van der Waals surface area contributed by atoms with Crippen LogP contribution in [0.25, 0.3) is 0 Å². The van der Waals surface area contributed by atoms with Gasteiger partial charge in [0.05, 0.1) is 29.9 Å². The second-order valence-electron chi connectivity index (χ2n) is 5.23. The lowest BCUT2D eigenvalue weighted by atomic mass is 10.2. The number of ether oxygens (including phenoxy) is 3. The molecule has 0 aliphatic carbocycles.